The molecule has 0 aliphatic carbocycles. The molecule has 2 N–H and O–H groups in total. The van der Waals surface area contributed by atoms with Crippen LogP contribution in [-0.2, 0) is 4.74 Å². The number of nitrogens with two attached hydrogens (primary N) is 1. The summed E-state index contributed by atoms with van der Waals surface area (Å²) in [5, 5.41) is 8.04. The van der Waals surface area contributed by atoms with Crippen molar-refractivity contribution in [2.75, 3.05) is 6.61 Å². The number of aryl methyl sites for hydroxylation is 2. The average Bonchev–Trinajstić information content (AvgIpc) is 2.74. The van der Waals surface area contributed by atoms with E-state index in [4.69, 9.17) is 10.5 Å². The Morgan fingerprint density at radius 3 is 2.87 bits per heavy atom. The van der Waals surface area contributed by atoms with Crippen LogP contribution >= 0.6 is 0 Å². The predicted octanol–water partition coefficient (Wildman–Crippen LogP) is 1.40. The van der Waals surface area contributed by atoms with Crippen LogP contribution in [0.15, 0.2) is 17.9 Å². The lowest BCUT2D eigenvalue weighted by Crippen LogP contribution is -2.16. The Morgan fingerprint density at radius 2 is 2.20 bits per heavy atom. The molecule has 1 unspecified atom stereocenters. The topological polar surface area (TPSA) is 61.0 Å². The van der Waals surface area contributed by atoms with Gasteiger partial charge in [-0.1, -0.05) is 0 Å². The molecule has 80 valence electrons. The largest absolute Gasteiger partial charge is 0.496 e. The Kier molecular flexibility index (Phi) is 2.68. The fraction of sp³-hybridized carbons (Fsp3) is 0.455. The van der Waals surface area contributed by atoms with E-state index < -0.39 is 0 Å². The van der Waals surface area contributed by atoms with Gasteiger partial charge in [-0.25, -0.2) is 0 Å². The van der Waals surface area contributed by atoms with Crippen molar-refractivity contribution < 1.29 is 4.74 Å². The molecule has 0 amide bonds. The molecule has 2 heterocycles. The van der Waals surface area contributed by atoms with Gasteiger partial charge in [0.1, 0.15) is 5.76 Å². The summed E-state index contributed by atoms with van der Waals surface area (Å²) in [6, 6.07) is 1.76. The second kappa shape index (κ2) is 3.98. The van der Waals surface area contributed by atoms with Gasteiger partial charge in [0.2, 0.25) is 0 Å². The number of ether oxygens (including phenoxy) is 1. The maximum atomic E-state index is 6.11. The van der Waals surface area contributed by atoms with E-state index in [1.54, 1.807) is 0 Å². The highest BCUT2D eigenvalue weighted by Crippen LogP contribution is 2.25. The van der Waals surface area contributed by atoms with Gasteiger partial charge >= 0.3 is 0 Å². The van der Waals surface area contributed by atoms with Crippen LogP contribution in [0.2, 0.25) is 0 Å². The van der Waals surface area contributed by atoms with Crippen LogP contribution in [-0.4, -0.2) is 16.8 Å². The summed E-state index contributed by atoms with van der Waals surface area (Å²) in [6.45, 7) is 4.56. The molecule has 0 fully saturated rings. The van der Waals surface area contributed by atoms with E-state index in [0.717, 1.165) is 35.7 Å². The Bertz CT molecular complexity index is 401. The molecular formula is C11H15N3O. The van der Waals surface area contributed by atoms with Crippen molar-refractivity contribution in [1.82, 2.24) is 10.2 Å². The first-order valence-corrected chi connectivity index (χ1v) is 5.07. The van der Waals surface area contributed by atoms with Gasteiger partial charge in [-0.05, 0) is 26.0 Å². The van der Waals surface area contributed by atoms with E-state index in [1.165, 1.54) is 0 Å². The van der Waals surface area contributed by atoms with Crippen LogP contribution < -0.4 is 5.73 Å². The molecule has 1 aliphatic heterocycles. The minimum Gasteiger partial charge on any atom is -0.496 e. The quantitative estimate of drug-likeness (QED) is 0.792. The second-order valence-corrected chi connectivity index (χ2v) is 3.75. The van der Waals surface area contributed by atoms with Gasteiger partial charge in [0.05, 0.1) is 24.0 Å². The lowest BCUT2D eigenvalue weighted by molar-refractivity contribution is 0.225. The van der Waals surface area contributed by atoms with Gasteiger partial charge in [0.15, 0.2) is 0 Å². The smallest absolute Gasteiger partial charge is 0.113 e. The van der Waals surface area contributed by atoms with E-state index in [2.05, 4.69) is 10.2 Å². The van der Waals surface area contributed by atoms with E-state index in [1.807, 2.05) is 26.0 Å². The number of hydrogen-bond donors (Lipinski definition) is 1. The Morgan fingerprint density at radius 1 is 1.40 bits per heavy atom. The first-order chi connectivity index (χ1) is 7.18. The van der Waals surface area contributed by atoms with Gasteiger partial charge in [-0.2, -0.15) is 10.2 Å². The first kappa shape index (κ1) is 10.1. The molecule has 1 aliphatic rings. The van der Waals surface area contributed by atoms with E-state index in [-0.39, 0.29) is 6.04 Å². The van der Waals surface area contributed by atoms with E-state index >= 15 is 0 Å². The molecule has 4 nitrogen and oxygen atoms in total. The summed E-state index contributed by atoms with van der Waals surface area (Å²) in [6.07, 6.45) is 2.99. The second-order valence-electron chi connectivity index (χ2n) is 3.75. The molecule has 0 saturated carbocycles. The summed E-state index contributed by atoms with van der Waals surface area (Å²) in [5.41, 5.74) is 8.85. The highest BCUT2D eigenvalue weighted by atomic mass is 16.5. The van der Waals surface area contributed by atoms with Crippen molar-refractivity contribution in [2.45, 2.75) is 26.3 Å². The fourth-order valence-corrected chi connectivity index (χ4v) is 1.69. The monoisotopic (exact) mass is 205 g/mol. The SMILES string of the molecule is Cc1cc(C(N)C2=CCCO2)c(C)nn1. The summed E-state index contributed by atoms with van der Waals surface area (Å²) < 4.78 is 5.45. The maximum Gasteiger partial charge on any atom is 0.113 e. The zero-order valence-corrected chi connectivity index (χ0v) is 9.03. The number of hydrogen-bond acceptors (Lipinski definition) is 4. The van der Waals surface area contributed by atoms with E-state index in [0.29, 0.717) is 0 Å². The molecule has 2 rings (SSSR count). The molecule has 15 heavy (non-hydrogen) atoms. The molecule has 0 saturated heterocycles. The Labute approximate surface area is 89.2 Å². The van der Waals surface area contributed by atoms with Gasteiger partial charge in [0.25, 0.3) is 0 Å². The summed E-state index contributed by atoms with van der Waals surface area (Å²) in [4.78, 5) is 0. The van der Waals surface area contributed by atoms with Gasteiger partial charge in [0, 0.05) is 12.0 Å². The lowest BCUT2D eigenvalue weighted by Gasteiger charge is -2.15. The molecule has 0 aromatic carbocycles. The Hall–Kier alpha value is -1.42. The fourth-order valence-electron chi connectivity index (χ4n) is 1.69. The van der Waals surface area contributed by atoms with Crippen LogP contribution in [0, 0.1) is 13.8 Å². The lowest BCUT2D eigenvalue weighted by atomic mass is 10.0. The number of rotatable bonds is 2. The Balaban J connectivity index is 2.31. The van der Waals surface area contributed by atoms with Crippen LogP contribution in [0.3, 0.4) is 0 Å². The van der Waals surface area contributed by atoms with Gasteiger partial charge < -0.3 is 10.5 Å². The van der Waals surface area contributed by atoms with Crippen molar-refractivity contribution in [3.63, 3.8) is 0 Å². The van der Waals surface area contributed by atoms with Crippen LogP contribution in [0.25, 0.3) is 0 Å². The van der Waals surface area contributed by atoms with Crippen molar-refractivity contribution >= 4 is 0 Å². The third-order valence-electron chi connectivity index (χ3n) is 2.51. The molecule has 1 atom stereocenters. The van der Waals surface area contributed by atoms with Crippen LogP contribution in [0.5, 0.6) is 0 Å². The zero-order valence-electron chi connectivity index (χ0n) is 9.03. The van der Waals surface area contributed by atoms with Crippen molar-refractivity contribution in [3.05, 3.63) is 34.9 Å². The van der Waals surface area contributed by atoms with Crippen molar-refractivity contribution in [3.8, 4) is 0 Å². The molecule has 1 aromatic rings. The van der Waals surface area contributed by atoms with Gasteiger partial charge in [-0.15, -0.1) is 0 Å². The molecule has 4 heteroatoms. The summed E-state index contributed by atoms with van der Waals surface area (Å²) >= 11 is 0. The molecule has 0 bridgehead atoms. The van der Waals surface area contributed by atoms with Crippen LogP contribution in [0.1, 0.15) is 29.4 Å². The third kappa shape index (κ3) is 1.99. The summed E-state index contributed by atoms with van der Waals surface area (Å²) in [7, 11) is 0. The number of aromatic nitrogens is 2. The van der Waals surface area contributed by atoms with Crippen molar-refractivity contribution in [2.24, 2.45) is 5.73 Å². The van der Waals surface area contributed by atoms with Gasteiger partial charge in [-0.3, -0.25) is 0 Å². The van der Waals surface area contributed by atoms with E-state index in [9.17, 15) is 0 Å². The number of nitrogens with zero attached hydrogens (tertiary/aromatic N) is 2. The zero-order chi connectivity index (χ0) is 10.8. The first-order valence-electron chi connectivity index (χ1n) is 5.07. The summed E-state index contributed by atoms with van der Waals surface area (Å²) in [5.74, 6) is 0.852. The van der Waals surface area contributed by atoms with Crippen molar-refractivity contribution in [1.29, 1.82) is 0 Å². The molecular weight excluding hydrogens is 190 g/mol. The highest BCUT2D eigenvalue weighted by Gasteiger charge is 2.19. The minimum atomic E-state index is -0.207. The minimum absolute atomic E-state index is 0.207. The molecule has 1 aromatic heterocycles. The molecule has 0 radical (unpaired) electrons. The predicted molar refractivity (Wildman–Crippen MR) is 57.1 cm³/mol. The molecule has 0 spiro atoms. The van der Waals surface area contributed by atoms with Crippen LogP contribution in [0.4, 0.5) is 0 Å². The standard InChI is InChI=1S/C11H15N3O/c1-7-6-9(8(2)14-13-7)11(12)10-4-3-5-15-10/h4,6,11H,3,5,12H2,1-2H3. The highest BCUT2D eigenvalue weighted by molar-refractivity contribution is 5.29. The maximum absolute atomic E-state index is 6.11. The average molecular weight is 205 g/mol. The third-order valence-corrected chi connectivity index (χ3v) is 2.51. The normalized spacial score (nSPS) is 17.1.